The number of ether oxygens (including phenoxy) is 6. The van der Waals surface area contributed by atoms with Crippen molar-refractivity contribution in [2.45, 2.75) is 37.1 Å². The fraction of sp³-hybridized carbons (Fsp3) is 0.435. The molecule has 0 spiro atoms. The molecule has 4 heterocycles. The predicted molar refractivity (Wildman–Crippen MR) is 116 cm³/mol. The summed E-state index contributed by atoms with van der Waals surface area (Å²) in [4.78, 5) is 4.51. The lowest BCUT2D eigenvalue weighted by Crippen LogP contribution is -2.57. The van der Waals surface area contributed by atoms with Crippen LogP contribution < -0.4 is 24.3 Å². The lowest BCUT2D eigenvalue weighted by molar-refractivity contribution is -0.164. The molecule has 2 fully saturated rings. The van der Waals surface area contributed by atoms with Crippen LogP contribution in [0.1, 0.15) is 11.6 Å². The number of aliphatic hydroxyl groups is 1. The molecule has 2 bridgehead atoms. The first-order valence-corrected chi connectivity index (χ1v) is 10.8. The first-order valence-electron chi connectivity index (χ1n) is 10.8. The summed E-state index contributed by atoms with van der Waals surface area (Å²) in [6, 6.07) is 8.66. The van der Waals surface area contributed by atoms with Gasteiger partial charge in [-0.25, -0.2) is 4.98 Å². The van der Waals surface area contributed by atoms with E-state index in [1.165, 1.54) is 0 Å². The number of aliphatic hydroxyl groups excluding tert-OH is 1. The second-order valence-electron chi connectivity index (χ2n) is 8.30. The maximum absolute atomic E-state index is 11.4. The molecule has 2 aromatic carbocycles. The number of imidazole rings is 1. The number of hydrogen-bond donors (Lipinski definition) is 2. The summed E-state index contributed by atoms with van der Waals surface area (Å²) in [6.45, 7) is 1.17. The number of benzene rings is 2. The van der Waals surface area contributed by atoms with E-state index in [1.807, 2.05) is 34.9 Å². The van der Waals surface area contributed by atoms with Crippen molar-refractivity contribution in [1.29, 1.82) is 0 Å². The summed E-state index contributed by atoms with van der Waals surface area (Å²) in [5.74, 6) is 2.65. The Labute approximate surface area is 189 Å². The zero-order valence-corrected chi connectivity index (χ0v) is 18.3. The third-order valence-electron chi connectivity index (χ3n) is 6.51. The van der Waals surface area contributed by atoms with E-state index < -0.39 is 18.4 Å². The van der Waals surface area contributed by atoms with Gasteiger partial charge in [0.2, 0.25) is 6.79 Å². The van der Waals surface area contributed by atoms with E-state index in [2.05, 4.69) is 10.3 Å². The number of methoxy groups -OCH3 is 2. The molecule has 5 atom stereocenters. The highest BCUT2D eigenvalue weighted by Gasteiger charge is 2.51. The molecule has 0 radical (unpaired) electrons. The Balaban J connectivity index is 1.28. The highest BCUT2D eigenvalue weighted by molar-refractivity contribution is 5.80. The molecule has 10 heteroatoms. The maximum Gasteiger partial charge on any atom is 0.231 e. The molecule has 0 aliphatic carbocycles. The predicted octanol–water partition coefficient (Wildman–Crippen LogP) is 1.60. The average molecular weight is 455 g/mol. The number of hydrogen-bond acceptors (Lipinski definition) is 9. The smallest absolute Gasteiger partial charge is 0.231 e. The Morgan fingerprint density at radius 2 is 1.94 bits per heavy atom. The molecule has 3 aliphatic heterocycles. The van der Waals surface area contributed by atoms with Gasteiger partial charge < -0.3 is 43.4 Å². The molecule has 33 heavy (non-hydrogen) atoms. The second-order valence-corrected chi connectivity index (χ2v) is 8.30. The Bertz CT molecular complexity index is 1180. The normalized spacial score (nSPS) is 27.8. The molecule has 1 aromatic heterocycles. The molecule has 3 aliphatic rings. The Kier molecular flexibility index (Phi) is 5.02. The van der Waals surface area contributed by atoms with Gasteiger partial charge in [-0.05, 0) is 17.7 Å². The van der Waals surface area contributed by atoms with Crippen LogP contribution in [0.15, 0.2) is 36.7 Å². The van der Waals surface area contributed by atoms with E-state index in [1.54, 1.807) is 20.5 Å². The van der Waals surface area contributed by atoms with E-state index in [0.29, 0.717) is 24.7 Å². The van der Waals surface area contributed by atoms with Crippen molar-refractivity contribution in [1.82, 2.24) is 14.9 Å². The van der Waals surface area contributed by atoms with Crippen molar-refractivity contribution in [2.24, 2.45) is 0 Å². The van der Waals surface area contributed by atoms with Gasteiger partial charge in [-0.15, -0.1) is 0 Å². The summed E-state index contributed by atoms with van der Waals surface area (Å²) in [7, 11) is 3.17. The maximum atomic E-state index is 11.4. The molecule has 2 N–H and O–H groups in total. The monoisotopic (exact) mass is 455 g/mol. The van der Waals surface area contributed by atoms with Crippen molar-refractivity contribution < 1.29 is 33.5 Å². The second kappa shape index (κ2) is 8.07. The van der Waals surface area contributed by atoms with Crippen molar-refractivity contribution in [3.05, 3.63) is 42.2 Å². The van der Waals surface area contributed by atoms with Gasteiger partial charge in [-0.2, -0.15) is 0 Å². The van der Waals surface area contributed by atoms with Crippen LogP contribution in [-0.2, 0) is 16.0 Å². The molecule has 0 amide bonds. The van der Waals surface area contributed by atoms with Crippen LogP contribution in [0.25, 0.3) is 11.0 Å². The minimum atomic E-state index is -0.768. The van der Waals surface area contributed by atoms with Crippen LogP contribution in [0.2, 0.25) is 0 Å². The molecule has 0 saturated carbocycles. The molecule has 174 valence electrons. The minimum Gasteiger partial charge on any atom is -0.493 e. The van der Waals surface area contributed by atoms with Crippen LogP contribution in [0.5, 0.6) is 23.0 Å². The summed E-state index contributed by atoms with van der Waals surface area (Å²) >= 11 is 0. The van der Waals surface area contributed by atoms with E-state index in [9.17, 15) is 5.11 Å². The third-order valence-corrected chi connectivity index (χ3v) is 6.51. The molecule has 6 rings (SSSR count). The van der Waals surface area contributed by atoms with E-state index in [4.69, 9.17) is 28.4 Å². The topological polar surface area (TPSA) is 105 Å². The highest BCUT2D eigenvalue weighted by atomic mass is 16.7. The van der Waals surface area contributed by atoms with Crippen molar-refractivity contribution >= 4 is 11.0 Å². The molecule has 2 saturated heterocycles. The number of nitrogens with zero attached hydrogens (tertiary/aromatic N) is 2. The molecule has 0 unspecified atom stereocenters. The van der Waals surface area contributed by atoms with Gasteiger partial charge in [0.05, 0.1) is 50.3 Å². The van der Waals surface area contributed by atoms with Gasteiger partial charge in [0.1, 0.15) is 12.1 Å². The van der Waals surface area contributed by atoms with Gasteiger partial charge in [0.15, 0.2) is 29.3 Å². The number of nitrogens with one attached hydrogen (secondary N) is 1. The van der Waals surface area contributed by atoms with Crippen molar-refractivity contribution in [3.63, 3.8) is 0 Å². The number of aromatic nitrogens is 2. The van der Waals surface area contributed by atoms with Gasteiger partial charge in [0, 0.05) is 18.7 Å². The van der Waals surface area contributed by atoms with Crippen LogP contribution in [0.4, 0.5) is 0 Å². The van der Waals surface area contributed by atoms with E-state index in [0.717, 1.165) is 28.1 Å². The third kappa shape index (κ3) is 3.37. The summed E-state index contributed by atoms with van der Waals surface area (Å²) < 4.78 is 35.6. The summed E-state index contributed by atoms with van der Waals surface area (Å²) in [6.07, 6.45) is 0.104. The standard InChI is InChI=1S/C23H25N3O7/c1-28-16-6-13-14(7-17(16)29-2)26(10-25-13)21-22(27)20(19-9-30-23(21)33-19)24-8-12-3-4-15-18(5-12)32-11-31-15/h3-7,10,19-24,27H,8-9,11H2,1-2H3/t19-,20-,21-,22+,23-/m1/s1. The average Bonchev–Trinajstić information content (AvgIpc) is 3.57. The zero-order valence-electron chi connectivity index (χ0n) is 18.3. The number of fused-ring (bicyclic) bond motifs is 4. The largest absolute Gasteiger partial charge is 0.493 e. The Hall–Kier alpha value is -3.05. The Morgan fingerprint density at radius 3 is 2.79 bits per heavy atom. The summed E-state index contributed by atoms with van der Waals surface area (Å²) in [5, 5.41) is 14.9. The van der Waals surface area contributed by atoms with Crippen LogP contribution in [0, 0.1) is 0 Å². The van der Waals surface area contributed by atoms with Gasteiger partial charge >= 0.3 is 0 Å². The van der Waals surface area contributed by atoms with E-state index in [-0.39, 0.29) is 18.9 Å². The first-order chi connectivity index (χ1) is 16.2. The highest BCUT2D eigenvalue weighted by Crippen LogP contribution is 2.40. The SMILES string of the molecule is COc1cc2ncn([C@H]3[C@@H]4OC[C@@H](O4)[C@@H](NCc4ccc5c(c4)OCO5)[C@@H]3O)c2cc1OC. The Morgan fingerprint density at radius 1 is 1.12 bits per heavy atom. The fourth-order valence-electron chi connectivity index (χ4n) is 4.83. The van der Waals surface area contributed by atoms with Gasteiger partial charge in [-0.1, -0.05) is 6.07 Å². The van der Waals surface area contributed by atoms with Gasteiger partial charge in [0.25, 0.3) is 0 Å². The van der Waals surface area contributed by atoms with Crippen LogP contribution >= 0.6 is 0 Å². The summed E-state index contributed by atoms with van der Waals surface area (Å²) in [5.41, 5.74) is 2.54. The fourth-order valence-corrected chi connectivity index (χ4v) is 4.83. The van der Waals surface area contributed by atoms with Crippen LogP contribution in [0.3, 0.4) is 0 Å². The van der Waals surface area contributed by atoms with Crippen molar-refractivity contribution in [3.8, 4) is 23.0 Å². The molecular weight excluding hydrogens is 430 g/mol. The van der Waals surface area contributed by atoms with E-state index >= 15 is 0 Å². The molecular formula is C23H25N3O7. The van der Waals surface area contributed by atoms with Gasteiger partial charge in [-0.3, -0.25) is 0 Å². The quantitative estimate of drug-likeness (QED) is 0.573. The minimum absolute atomic E-state index is 0.236. The molecule has 10 nitrogen and oxygen atoms in total. The lowest BCUT2D eigenvalue weighted by atomic mass is 9.95. The zero-order chi connectivity index (χ0) is 22.5. The van der Waals surface area contributed by atoms with Crippen molar-refractivity contribution in [2.75, 3.05) is 27.6 Å². The van der Waals surface area contributed by atoms with Crippen LogP contribution in [-0.4, -0.2) is 66.8 Å². The molecule has 3 aromatic rings. The first kappa shape index (κ1) is 20.5. The lowest BCUT2D eigenvalue weighted by Gasteiger charge is -2.39. The number of rotatable bonds is 6.